The molecule has 0 spiro atoms. The van der Waals surface area contributed by atoms with Crippen LogP contribution in [-0.4, -0.2) is 41.2 Å². The summed E-state index contributed by atoms with van der Waals surface area (Å²) in [6.45, 7) is 8.60. The third kappa shape index (κ3) is 4.31. The number of hydrogen-bond donors (Lipinski definition) is 0. The summed E-state index contributed by atoms with van der Waals surface area (Å²) in [4.78, 5) is 15.4. The van der Waals surface area contributed by atoms with Crippen LogP contribution in [0.3, 0.4) is 0 Å². The Morgan fingerprint density at radius 2 is 1.83 bits per heavy atom. The Morgan fingerprint density at radius 3 is 2.53 bits per heavy atom. The van der Waals surface area contributed by atoms with Gasteiger partial charge in [-0.15, -0.1) is 0 Å². The van der Waals surface area contributed by atoms with Gasteiger partial charge in [0.1, 0.15) is 5.82 Å². The van der Waals surface area contributed by atoms with Gasteiger partial charge < -0.3 is 0 Å². The molecule has 0 aromatic heterocycles. The molecule has 4 rings (SSSR count). The number of carbonyl (C=O) groups is 1. The van der Waals surface area contributed by atoms with E-state index in [1.54, 1.807) is 12.1 Å². The molecule has 4 nitrogen and oxygen atoms in total. The summed E-state index contributed by atoms with van der Waals surface area (Å²) in [7, 11) is 0. The number of likely N-dealkylation sites (tertiary alicyclic amines) is 1. The molecular formula is C25H30FN3O. The molecule has 0 N–H and O–H groups in total. The fourth-order valence-corrected chi connectivity index (χ4v) is 4.31. The van der Waals surface area contributed by atoms with Crippen molar-refractivity contribution in [2.24, 2.45) is 11.0 Å². The molecule has 0 aliphatic carbocycles. The summed E-state index contributed by atoms with van der Waals surface area (Å²) in [5.41, 5.74) is 4.77. The van der Waals surface area contributed by atoms with E-state index in [1.165, 1.54) is 22.2 Å². The maximum absolute atomic E-state index is 14.6. The van der Waals surface area contributed by atoms with E-state index >= 15 is 0 Å². The van der Waals surface area contributed by atoms with Gasteiger partial charge in [0.2, 0.25) is 0 Å². The number of halogens is 1. The van der Waals surface area contributed by atoms with Crippen molar-refractivity contribution in [2.45, 2.75) is 46.1 Å². The average molecular weight is 408 g/mol. The fourth-order valence-electron chi connectivity index (χ4n) is 4.31. The van der Waals surface area contributed by atoms with Crippen molar-refractivity contribution < 1.29 is 9.18 Å². The highest BCUT2D eigenvalue weighted by Crippen LogP contribution is 2.34. The first-order valence-corrected chi connectivity index (χ1v) is 10.9. The lowest BCUT2D eigenvalue weighted by Gasteiger charge is -2.31. The first kappa shape index (κ1) is 20.7. The first-order chi connectivity index (χ1) is 14.4. The van der Waals surface area contributed by atoms with Crippen LogP contribution in [0.4, 0.5) is 4.39 Å². The molecule has 5 heteroatoms. The SMILES string of the molecule is Cc1ccc(C2=NN(C(=O)CN3CCC(C)CC3)[C@H](c3ccccc3F)C2)cc1C. The monoisotopic (exact) mass is 407 g/mol. The van der Waals surface area contributed by atoms with Gasteiger partial charge in [0.05, 0.1) is 18.3 Å². The molecule has 1 saturated heterocycles. The van der Waals surface area contributed by atoms with E-state index < -0.39 is 6.04 Å². The lowest BCUT2D eigenvalue weighted by Crippen LogP contribution is -2.41. The highest BCUT2D eigenvalue weighted by Gasteiger charge is 2.35. The second-order valence-electron chi connectivity index (χ2n) is 8.78. The Hall–Kier alpha value is -2.53. The highest BCUT2D eigenvalue weighted by molar-refractivity contribution is 6.03. The molecule has 1 atom stereocenters. The van der Waals surface area contributed by atoms with E-state index in [1.807, 2.05) is 12.1 Å². The van der Waals surface area contributed by atoms with Crippen LogP contribution in [-0.2, 0) is 4.79 Å². The molecule has 158 valence electrons. The number of hydrazone groups is 1. The van der Waals surface area contributed by atoms with Crippen LogP contribution >= 0.6 is 0 Å². The Labute approximate surface area is 178 Å². The topological polar surface area (TPSA) is 35.9 Å². The quantitative estimate of drug-likeness (QED) is 0.726. The number of amides is 1. The normalized spacial score (nSPS) is 20.5. The number of carbonyl (C=O) groups excluding carboxylic acids is 1. The summed E-state index contributed by atoms with van der Waals surface area (Å²) < 4.78 is 14.6. The molecule has 2 heterocycles. The number of benzene rings is 2. The van der Waals surface area contributed by atoms with Crippen LogP contribution in [0.5, 0.6) is 0 Å². The number of nitrogens with zero attached hydrogens (tertiary/aromatic N) is 3. The van der Waals surface area contributed by atoms with Gasteiger partial charge in [-0.25, -0.2) is 9.40 Å². The Morgan fingerprint density at radius 1 is 1.10 bits per heavy atom. The minimum Gasteiger partial charge on any atom is -0.294 e. The van der Waals surface area contributed by atoms with Gasteiger partial charge in [0.25, 0.3) is 5.91 Å². The summed E-state index contributed by atoms with van der Waals surface area (Å²) in [5.74, 6) is 0.365. The number of piperidine rings is 1. The van der Waals surface area contributed by atoms with Gasteiger partial charge in [0, 0.05) is 12.0 Å². The first-order valence-electron chi connectivity index (χ1n) is 10.9. The molecule has 0 bridgehead atoms. The van der Waals surface area contributed by atoms with Crippen LogP contribution in [0.1, 0.15) is 54.5 Å². The second kappa shape index (κ2) is 8.68. The number of rotatable bonds is 4. The molecule has 2 aliphatic heterocycles. The fraction of sp³-hybridized carbons (Fsp3) is 0.440. The third-order valence-electron chi connectivity index (χ3n) is 6.51. The summed E-state index contributed by atoms with van der Waals surface area (Å²) in [5, 5.41) is 6.24. The van der Waals surface area contributed by atoms with Crippen molar-refractivity contribution in [3.05, 3.63) is 70.5 Å². The standard InChI is InChI=1S/C25H30FN3O/c1-17-10-12-28(13-11-17)16-25(30)29-24(21-6-4-5-7-22(21)26)15-23(27-29)20-9-8-18(2)19(3)14-20/h4-9,14,17,24H,10-13,15-16H2,1-3H3/t24-/m0/s1. The van der Waals surface area contributed by atoms with E-state index in [2.05, 4.69) is 37.8 Å². The van der Waals surface area contributed by atoms with Crippen LogP contribution in [0.25, 0.3) is 0 Å². The van der Waals surface area contributed by atoms with Crippen LogP contribution in [0.2, 0.25) is 0 Å². The smallest absolute Gasteiger partial charge is 0.257 e. The number of aryl methyl sites for hydroxylation is 2. The molecular weight excluding hydrogens is 377 g/mol. The van der Waals surface area contributed by atoms with Crippen molar-refractivity contribution in [2.75, 3.05) is 19.6 Å². The Kier molecular flexibility index (Phi) is 6.00. The van der Waals surface area contributed by atoms with Crippen LogP contribution in [0, 0.1) is 25.6 Å². The van der Waals surface area contributed by atoms with Crippen molar-refractivity contribution in [1.29, 1.82) is 0 Å². The average Bonchev–Trinajstić information content (AvgIpc) is 3.17. The van der Waals surface area contributed by atoms with Crippen molar-refractivity contribution in [3.63, 3.8) is 0 Å². The van der Waals surface area contributed by atoms with Gasteiger partial charge >= 0.3 is 0 Å². The molecule has 1 amide bonds. The van der Waals surface area contributed by atoms with E-state index in [4.69, 9.17) is 5.10 Å². The molecule has 0 unspecified atom stereocenters. The largest absolute Gasteiger partial charge is 0.294 e. The minimum absolute atomic E-state index is 0.0587. The second-order valence-corrected chi connectivity index (χ2v) is 8.78. The lowest BCUT2D eigenvalue weighted by atomic mass is 9.96. The van der Waals surface area contributed by atoms with Gasteiger partial charge in [-0.3, -0.25) is 9.69 Å². The van der Waals surface area contributed by atoms with Crippen molar-refractivity contribution in [3.8, 4) is 0 Å². The minimum atomic E-state index is -0.404. The van der Waals surface area contributed by atoms with Crippen molar-refractivity contribution >= 4 is 11.6 Å². The van der Waals surface area contributed by atoms with E-state index in [-0.39, 0.29) is 11.7 Å². The summed E-state index contributed by atoms with van der Waals surface area (Å²) in [6, 6.07) is 12.5. The molecule has 2 aliphatic rings. The predicted molar refractivity (Wildman–Crippen MR) is 118 cm³/mol. The summed E-state index contributed by atoms with van der Waals surface area (Å²) in [6.07, 6.45) is 2.74. The molecule has 0 radical (unpaired) electrons. The third-order valence-corrected chi connectivity index (χ3v) is 6.51. The maximum Gasteiger partial charge on any atom is 0.257 e. The number of hydrogen-bond acceptors (Lipinski definition) is 3. The molecule has 2 aromatic carbocycles. The van der Waals surface area contributed by atoms with Crippen molar-refractivity contribution in [1.82, 2.24) is 9.91 Å². The zero-order valence-electron chi connectivity index (χ0n) is 18.1. The highest BCUT2D eigenvalue weighted by atomic mass is 19.1. The van der Waals surface area contributed by atoms with Gasteiger partial charge in [-0.1, -0.05) is 37.3 Å². The molecule has 1 fully saturated rings. The van der Waals surface area contributed by atoms with Gasteiger partial charge in [-0.05, 0) is 74.5 Å². The Balaban J connectivity index is 1.61. The van der Waals surface area contributed by atoms with Gasteiger partial charge in [0.15, 0.2) is 0 Å². The zero-order valence-corrected chi connectivity index (χ0v) is 18.1. The molecule has 2 aromatic rings. The Bertz CT molecular complexity index is 963. The van der Waals surface area contributed by atoms with Crippen LogP contribution in [0.15, 0.2) is 47.6 Å². The molecule has 30 heavy (non-hydrogen) atoms. The van der Waals surface area contributed by atoms with Gasteiger partial charge in [-0.2, -0.15) is 5.10 Å². The molecule has 0 saturated carbocycles. The van der Waals surface area contributed by atoms with E-state index in [9.17, 15) is 9.18 Å². The maximum atomic E-state index is 14.6. The summed E-state index contributed by atoms with van der Waals surface area (Å²) >= 11 is 0. The van der Waals surface area contributed by atoms with Crippen LogP contribution < -0.4 is 0 Å². The predicted octanol–water partition coefficient (Wildman–Crippen LogP) is 4.85. The van der Waals surface area contributed by atoms with E-state index in [0.29, 0.717) is 24.4 Å². The lowest BCUT2D eigenvalue weighted by molar-refractivity contribution is -0.134. The zero-order chi connectivity index (χ0) is 21.3. The van der Waals surface area contributed by atoms with E-state index in [0.717, 1.165) is 37.2 Å².